The van der Waals surface area contributed by atoms with Crippen molar-refractivity contribution in [3.8, 4) is 0 Å². The highest BCUT2D eigenvalue weighted by Gasteiger charge is 2.23. The summed E-state index contributed by atoms with van der Waals surface area (Å²) in [5.41, 5.74) is 0.589. The molecule has 1 aliphatic carbocycles. The van der Waals surface area contributed by atoms with Gasteiger partial charge < -0.3 is 10.6 Å². The normalized spacial score (nSPS) is 19.4. The molecule has 0 aliphatic heterocycles. The van der Waals surface area contributed by atoms with Gasteiger partial charge >= 0.3 is 6.03 Å². The maximum Gasteiger partial charge on any atom is 0.321 e. The number of anilines is 1. The molecule has 1 aromatic rings. The molecular formula is C19H27ClN4O3. The highest BCUT2D eigenvalue weighted by atomic mass is 35.5. The molecule has 0 bridgehead atoms. The van der Waals surface area contributed by atoms with Crippen LogP contribution in [0.5, 0.6) is 0 Å². The van der Waals surface area contributed by atoms with Crippen LogP contribution >= 0.6 is 11.6 Å². The average molecular weight is 395 g/mol. The summed E-state index contributed by atoms with van der Waals surface area (Å²) in [6.45, 7) is 2.07. The standard InChI is InChI=1S/C19H27ClN4O3/c1-13-6-3-4-9-16(13)22-19(27)23-18(26)12-24(2)11-17(25)21-15-8-5-7-14(20)10-15/h5,7-8,10,13,16H,3-4,6,9,11-12H2,1-2H3,(H,21,25)(H2,22,23,26,27). The first kappa shape index (κ1) is 21.2. The SMILES string of the molecule is CC1CCCCC1NC(=O)NC(=O)CN(C)CC(=O)Nc1cccc(Cl)c1. The predicted octanol–water partition coefficient (Wildman–Crippen LogP) is 2.61. The van der Waals surface area contributed by atoms with Crippen LogP contribution in [0.2, 0.25) is 5.02 Å². The summed E-state index contributed by atoms with van der Waals surface area (Å²) in [5, 5.41) is 8.44. The number of likely N-dealkylation sites (N-methyl/N-ethyl adjacent to an activating group) is 1. The minimum absolute atomic E-state index is 0.0151. The van der Waals surface area contributed by atoms with E-state index >= 15 is 0 Å². The van der Waals surface area contributed by atoms with Gasteiger partial charge in [-0.05, 0) is 44.0 Å². The van der Waals surface area contributed by atoms with Crippen molar-refractivity contribution >= 4 is 35.1 Å². The molecule has 2 unspecified atom stereocenters. The highest BCUT2D eigenvalue weighted by Crippen LogP contribution is 2.23. The van der Waals surface area contributed by atoms with E-state index in [1.165, 1.54) is 11.3 Å². The fraction of sp³-hybridized carbons (Fsp3) is 0.526. The van der Waals surface area contributed by atoms with E-state index in [1.807, 2.05) is 0 Å². The molecule has 3 N–H and O–H groups in total. The summed E-state index contributed by atoms with van der Waals surface area (Å²) >= 11 is 5.88. The van der Waals surface area contributed by atoms with Gasteiger partial charge in [0.15, 0.2) is 0 Å². The van der Waals surface area contributed by atoms with Crippen LogP contribution in [-0.2, 0) is 9.59 Å². The largest absolute Gasteiger partial charge is 0.335 e. The van der Waals surface area contributed by atoms with Gasteiger partial charge in [-0.2, -0.15) is 0 Å². The lowest BCUT2D eigenvalue weighted by molar-refractivity contribution is -0.122. The number of rotatable bonds is 6. The number of carbonyl (C=O) groups is 3. The number of hydrogen-bond acceptors (Lipinski definition) is 4. The number of carbonyl (C=O) groups excluding carboxylic acids is 3. The topological polar surface area (TPSA) is 90.5 Å². The van der Waals surface area contributed by atoms with Crippen LogP contribution in [0, 0.1) is 5.92 Å². The van der Waals surface area contributed by atoms with Crippen molar-refractivity contribution < 1.29 is 14.4 Å². The summed E-state index contributed by atoms with van der Waals surface area (Å²) < 4.78 is 0. The van der Waals surface area contributed by atoms with E-state index in [1.54, 1.807) is 31.3 Å². The zero-order valence-electron chi connectivity index (χ0n) is 15.8. The molecule has 27 heavy (non-hydrogen) atoms. The Morgan fingerprint density at radius 2 is 1.85 bits per heavy atom. The Morgan fingerprint density at radius 1 is 1.15 bits per heavy atom. The number of nitrogens with one attached hydrogen (secondary N) is 3. The molecule has 0 heterocycles. The molecule has 0 spiro atoms. The summed E-state index contributed by atoms with van der Waals surface area (Å²) in [6.07, 6.45) is 4.30. The van der Waals surface area contributed by atoms with Gasteiger partial charge in [-0.3, -0.25) is 19.8 Å². The van der Waals surface area contributed by atoms with E-state index in [-0.39, 0.29) is 25.0 Å². The number of nitrogens with zero attached hydrogens (tertiary/aromatic N) is 1. The summed E-state index contributed by atoms with van der Waals surface area (Å²) in [6, 6.07) is 6.45. The van der Waals surface area contributed by atoms with Gasteiger partial charge in [0, 0.05) is 16.8 Å². The Labute approximate surface area is 164 Å². The van der Waals surface area contributed by atoms with Gasteiger partial charge in [0.1, 0.15) is 0 Å². The van der Waals surface area contributed by atoms with E-state index in [0.29, 0.717) is 16.6 Å². The number of urea groups is 1. The second-order valence-electron chi connectivity index (χ2n) is 7.12. The van der Waals surface area contributed by atoms with Crippen molar-refractivity contribution in [3.05, 3.63) is 29.3 Å². The smallest absolute Gasteiger partial charge is 0.321 e. The Balaban J connectivity index is 1.71. The van der Waals surface area contributed by atoms with Crippen molar-refractivity contribution in [2.75, 3.05) is 25.5 Å². The van der Waals surface area contributed by atoms with Crippen molar-refractivity contribution in [2.45, 2.75) is 38.6 Å². The molecule has 2 atom stereocenters. The average Bonchev–Trinajstić information content (AvgIpc) is 2.56. The van der Waals surface area contributed by atoms with Gasteiger partial charge in [0.2, 0.25) is 11.8 Å². The fourth-order valence-electron chi connectivity index (χ4n) is 3.21. The van der Waals surface area contributed by atoms with Crippen LogP contribution in [0.1, 0.15) is 32.6 Å². The van der Waals surface area contributed by atoms with Gasteiger partial charge in [-0.25, -0.2) is 4.79 Å². The summed E-state index contributed by atoms with van der Waals surface area (Å²) in [5.74, 6) is -0.306. The third-order valence-corrected chi connectivity index (χ3v) is 4.85. The van der Waals surface area contributed by atoms with Gasteiger partial charge in [-0.1, -0.05) is 37.4 Å². The molecule has 0 aromatic heterocycles. The molecule has 7 nitrogen and oxygen atoms in total. The summed E-state index contributed by atoms with van der Waals surface area (Å²) in [4.78, 5) is 37.6. The molecule has 1 aliphatic rings. The van der Waals surface area contributed by atoms with Crippen LogP contribution in [0.4, 0.5) is 10.5 Å². The Hall–Kier alpha value is -2.12. The van der Waals surface area contributed by atoms with Crippen molar-refractivity contribution in [2.24, 2.45) is 5.92 Å². The Morgan fingerprint density at radius 3 is 2.56 bits per heavy atom. The van der Waals surface area contributed by atoms with Crippen LogP contribution in [0.15, 0.2) is 24.3 Å². The lowest BCUT2D eigenvalue weighted by Crippen LogP contribution is -2.50. The van der Waals surface area contributed by atoms with E-state index in [2.05, 4.69) is 22.9 Å². The first-order chi connectivity index (χ1) is 12.8. The van der Waals surface area contributed by atoms with Crippen LogP contribution in [0.3, 0.4) is 0 Å². The number of halogens is 1. The first-order valence-electron chi connectivity index (χ1n) is 9.18. The lowest BCUT2D eigenvalue weighted by Gasteiger charge is -2.29. The van der Waals surface area contributed by atoms with E-state index in [0.717, 1.165) is 19.3 Å². The fourth-order valence-corrected chi connectivity index (χ4v) is 3.40. The molecular weight excluding hydrogens is 368 g/mol. The van der Waals surface area contributed by atoms with Gasteiger partial charge in [0.25, 0.3) is 0 Å². The van der Waals surface area contributed by atoms with E-state index in [9.17, 15) is 14.4 Å². The Kier molecular flexibility index (Phi) is 8.06. The second-order valence-corrected chi connectivity index (χ2v) is 7.56. The minimum Gasteiger partial charge on any atom is -0.335 e. The quantitative estimate of drug-likeness (QED) is 0.691. The molecule has 0 radical (unpaired) electrons. The monoisotopic (exact) mass is 394 g/mol. The molecule has 1 fully saturated rings. The minimum atomic E-state index is -0.476. The first-order valence-corrected chi connectivity index (χ1v) is 9.55. The second kappa shape index (κ2) is 10.3. The number of imide groups is 1. The predicted molar refractivity (Wildman–Crippen MR) is 106 cm³/mol. The highest BCUT2D eigenvalue weighted by molar-refractivity contribution is 6.30. The summed E-state index contributed by atoms with van der Waals surface area (Å²) in [7, 11) is 1.64. The van der Waals surface area contributed by atoms with Gasteiger partial charge in [-0.15, -0.1) is 0 Å². The maximum absolute atomic E-state index is 12.0. The molecule has 148 valence electrons. The third-order valence-electron chi connectivity index (χ3n) is 4.62. The van der Waals surface area contributed by atoms with E-state index in [4.69, 9.17) is 11.6 Å². The molecule has 4 amide bonds. The van der Waals surface area contributed by atoms with Crippen LogP contribution in [0.25, 0.3) is 0 Å². The van der Waals surface area contributed by atoms with Gasteiger partial charge in [0.05, 0.1) is 13.1 Å². The molecule has 2 rings (SSSR count). The zero-order chi connectivity index (χ0) is 19.8. The Bertz CT molecular complexity index is 683. The van der Waals surface area contributed by atoms with Crippen molar-refractivity contribution in [3.63, 3.8) is 0 Å². The molecule has 8 heteroatoms. The van der Waals surface area contributed by atoms with Crippen LogP contribution in [-0.4, -0.2) is 48.9 Å². The third kappa shape index (κ3) is 7.56. The number of amides is 4. The molecule has 1 aromatic carbocycles. The van der Waals surface area contributed by atoms with Crippen molar-refractivity contribution in [1.82, 2.24) is 15.5 Å². The molecule has 1 saturated carbocycles. The zero-order valence-corrected chi connectivity index (χ0v) is 16.5. The van der Waals surface area contributed by atoms with Crippen molar-refractivity contribution in [1.29, 1.82) is 0 Å². The van der Waals surface area contributed by atoms with E-state index < -0.39 is 11.9 Å². The maximum atomic E-state index is 12.0. The molecule has 0 saturated heterocycles. The lowest BCUT2D eigenvalue weighted by atomic mass is 9.86. The number of benzene rings is 1. The van der Waals surface area contributed by atoms with Crippen LogP contribution < -0.4 is 16.0 Å². The number of hydrogen-bond donors (Lipinski definition) is 3.